The number of rotatable bonds is 2. The van der Waals surface area contributed by atoms with E-state index >= 15 is 0 Å². The van der Waals surface area contributed by atoms with Crippen LogP contribution in [0.4, 0.5) is 4.79 Å². The maximum absolute atomic E-state index is 12.6. The summed E-state index contributed by atoms with van der Waals surface area (Å²) in [5, 5.41) is 10.9. The number of hydrogen-bond acceptors (Lipinski definition) is 6. The van der Waals surface area contributed by atoms with Gasteiger partial charge in [-0.2, -0.15) is 0 Å². The largest absolute Gasteiger partial charge is 0.504 e. The van der Waals surface area contributed by atoms with Crippen molar-refractivity contribution in [3.63, 3.8) is 0 Å². The molecule has 0 aromatic heterocycles. The highest BCUT2D eigenvalue weighted by Gasteiger charge is 2.43. The molecule has 7 heteroatoms. The molecule has 0 radical (unpaired) electrons. The Hall–Kier alpha value is -3.09. The minimum Gasteiger partial charge on any atom is -0.504 e. The number of fused-ring (bicyclic) bond motifs is 4. The van der Waals surface area contributed by atoms with Crippen LogP contribution < -0.4 is 14.2 Å². The topological polar surface area (TPSA) is 77.5 Å². The Bertz CT molecular complexity index is 970. The Morgan fingerprint density at radius 3 is 2.81 bits per heavy atom. The summed E-state index contributed by atoms with van der Waals surface area (Å²) >= 11 is 0. The van der Waals surface area contributed by atoms with Crippen molar-refractivity contribution < 1.29 is 28.8 Å². The van der Waals surface area contributed by atoms with E-state index in [0.717, 1.165) is 22.3 Å². The molecular weight excluding hydrogens is 350 g/mol. The van der Waals surface area contributed by atoms with E-state index in [4.69, 9.17) is 18.9 Å². The summed E-state index contributed by atoms with van der Waals surface area (Å²) < 4.78 is 21.7. The molecule has 1 atom stereocenters. The van der Waals surface area contributed by atoms with E-state index < -0.39 is 0 Å². The van der Waals surface area contributed by atoms with Crippen LogP contribution in [-0.2, 0) is 11.2 Å². The fraction of sp³-hybridized carbons (Fsp3) is 0.350. The average molecular weight is 369 g/mol. The highest BCUT2D eigenvalue weighted by Crippen LogP contribution is 2.58. The first-order valence-corrected chi connectivity index (χ1v) is 8.94. The lowest BCUT2D eigenvalue weighted by molar-refractivity contribution is 0.0944. The summed E-state index contributed by atoms with van der Waals surface area (Å²) in [6, 6.07) is 5.30. The number of phenolic OH excluding ortho intramolecular Hbond substituents is 1. The quantitative estimate of drug-likeness (QED) is 0.876. The SMILES string of the molecule is CCOC(=O)N1CCc2cc(OC)c(O)c3c2C1c1cc2c(cc1-3)OCO2. The molecular formula is C20H19NO6. The monoisotopic (exact) mass is 369 g/mol. The van der Waals surface area contributed by atoms with Gasteiger partial charge in [-0.15, -0.1) is 0 Å². The molecule has 2 aromatic carbocycles. The molecule has 7 nitrogen and oxygen atoms in total. The Morgan fingerprint density at radius 2 is 2.07 bits per heavy atom. The first kappa shape index (κ1) is 16.1. The van der Waals surface area contributed by atoms with Crippen LogP contribution in [0.1, 0.15) is 29.7 Å². The van der Waals surface area contributed by atoms with Crippen LogP contribution in [0.15, 0.2) is 18.2 Å². The number of phenols is 1. The van der Waals surface area contributed by atoms with Crippen molar-refractivity contribution in [3.05, 3.63) is 34.9 Å². The second kappa shape index (κ2) is 5.70. The number of aromatic hydroxyl groups is 1. The third-order valence-electron chi connectivity index (χ3n) is 5.43. The number of carbonyl (C=O) groups is 1. The summed E-state index contributed by atoms with van der Waals surface area (Å²) in [6.45, 7) is 2.78. The normalized spacial score (nSPS) is 18.1. The maximum atomic E-state index is 12.6. The van der Waals surface area contributed by atoms with Gasteiger partial charge < -0.3 is 24.1 Å². The standard InChI is InChI=1S/C20H19NO6/c1-3-25-20(23)21-5-4-10-6-15(24-2)19(22)17-11-7-13-14(27-9-26-13)8-12(11)18(21)16(10)17/h6-8,18,22H,3-5,9H2,1-2H3. The van der Waals surface area contributed by atoms with E-state index in [1.54, 1.807) is 11.8 Å². The van der Waals surface area contributed by atoms with Gasteiger partial charge in [0.1, 0.15) is 0 Å². The molecule has 1 aliphatic carbocycles. The fourth-order valence-corrected chi connectivity index (χ4v) is 4.32. The molecule has 1 unspecified atom stereocenters. The van der Waals surface area contributed by atoms with Gasteiger partial charge in [0, 0.05) is 12.1 Å². The summed E-state index contributed by atoms with van der Waals surface area (Å²) in [6.07, 6.45) is 0.301. The summed E-state index contributed by atoms with van der Waals surface area (Å²) in [5.74, 6) is 1.78. The second-order valence-electron chi connectivity index (χ2n) is 6.71. The van der Waals surface area contributed by atoms with E-state index in [9.17, 15) is 9.90 Å². The third kappa shape index (κ3) is 2.11. The minimum atomic E-state index is -0.361. The second-order valence-corrected chi connectivity index (χ2v) is 6.71. The Balaban J connectivity index is 1.77. The van der Waals surface area contributed by atoms with Crippen LogP contribution in [0.2, 0.25) is 0 Å². The molecule has 0 saturated carbocycles. The van der Waals surface area contributed by atoms with E-state index in [-0.39, 0.29) is 24.7 Å². The Morgan fingerprint density at radius 1 is 1.30 bits per heavy atom. The smallest absolute Gasteiger partial charge is 0.410 e. The van der Waals surface area contributed by atoms with Crippen LogP contribution in [0.25, 0.3) is 11.1 Å². The van der Waals surface area contributed by atoms with Gasteiger partial charge in [-0.05, 0) is 53.8 Å². The molecule has 1 N–H and O–H groups in total. The van der Waals surface area contributed by atoms with Crippen molar-refractivity contribution in [2.45, 2.75) is 19.4 Å². The zero-order valence-corrected chi connectivity index (χ0v) is 15.1. The zero-order valence-electron chi connectivity index (χ0n) is 15.1. The number of ether oxygens (including phenoxy) is 4. The van der Waals surface area contributed by atoms with Gasteiger partial charge in [-0.3, -0.25) is 4.90 Å². The van der Waals surface area contributed by atoms with E-state index in [2.05, 4.69) is 0 Å². The number of benzene rings is 2. The number of nitrogens with zero attached hydrogens (tertiary/aromatic N) is 1. The van der Waals surface area contributed by atoms with Crippen LogP contribution in [-0.4, -0.2) is 43.2 Å². The third-order valence-corrected chi connectivity index (χ3v) is 5.43. The predicted molar refractivity (Wildman–Crippen MR) is 95.5 cm³/mol. The minimum absolute atomic E-state index is 0.0737. The molecule has 27 heavy (non-hydrogen) atoms. The van der Waals surface area contributed by atoms with Crippen LogP contribution >= 0.6 is 0 Å². The number of hydrogen-bond donors (Lipinski definition) is 1. The van der Waals surface area contributed by atoms with Crippen LogP contribution in [0, 0.1) is 0 Å². The first-order valence-electron chi connectivity index (χ1n) is 8.94. The van der Waals surface area contributed by atoms with E-state index in [1.807, 2.05) is 18.2 Å². The molecule has 0 bridgehead atoms. The number of methoxy groups -OCH3 is 1. The Labute approximate surface area is 156 Å². The van der Waals surface area contributed by atoms with Gasteiger partial charge in [0.2, 0.25) is 6.79 Å². The average Bonchev–Trinajstić information content (AvgIpc) is 3.26. The van der Waals surface area contributed by atoms with Crippen molar-refractivity contribution in [1.29, 1.82) is 0 Å². The van der Waals surface area contributed by atoms with Crippen molar-refractivity contribution in [1.82, 2.24) is 4.90 Å². The highest BCUT2D eigenvalue weighted by atomic mass is 16.7. The molecule has 140 valence electrons. The van der Waals surface area contributed by atoms with Gasteiger partial charge in [-0.25, -0.2) is 4.79 Å². The van der Waals surface area contributed by atoms with E-state index in [1.165, 1.54) is 7.11 Å². The molecule has 2 heterocycles. The Kier molecular flexibility index (Phi) is 3.40. The molecule has 0 spiro atoms. The molecule has 3 aliphatic rings. The number of carbonyl (C=O) groups excluding carboxylic acids is 1. The molecule has 5 rings (SSSR count). The number of amides is 1. The van der Waals surface area contributed by atoms with Gasteiger partial charge in [0.05, 0.1) is 19.8 Å². The summed E-state index contributed by atoms with van der Waals surface area (Å²) in [5.41, 5.74) is 4.39. The summed E-state index contributed by atoms with van der Waals surface area (Å²) in [7, 11) is 1.54. The summed E-state index contributed by atoms with van der Waals surface area (Å²) in [4.78, 5) is 14.3. The van der Waals surface area contributed by atoms with Gasteiger partial charge >= 0.3 is 6.09 Å². The lowest BCUT2D eigenvalue weighted by Crippen LogP contribution is -2.40. The van der Waals surface area contributed by atoms with Gasteiger partial charge in [-0.1, -0.05) is 0 Å². The molecule has 2 aromatic rings. The lowest BCUT2D eigenvalue weighted by atomic mass is 9.91. The predicted octanol–water partition coefficient (Wildman–Crippen LogP) is 3.21. The van der Waals surface area contributed by atoms with Crippen molar-refractivity contribution in [3.8, 4) is 34.1 Å². The van der Waals surface area contributed by atoms with Crippen LogP contribution in [0.5, 0.6) is 23.0 Å². The van der Waals surface area contributed by atoms with Crippen LogP contribution in [0.3, 0.4) is 0 Å². The fourth-order valence-electron chi connectivity index (χ4n) is 4.32. The maximum Gasteiger partial charge on any atom is 0.410 e. The van der Waals surface area contributed by atoms with Gasteiger partial charge in [0.25, 0.3) is 0 Å². The van der Waals surface area contributed by atoms with Gasteiger partial charge in [0.15, 0.2) is 23.0 Å². The highest BCUT2D eigenvalue weighted by molar-refractivity contribution is 5.89. The molecule has 0 fully saturated rings. The zero-order chi connectivity index (χ0) is 18.7. The first-order chi connectivity index (χ1) is 13.1. The van der Waals surface area contributed by atoms with E-state index in [0.29, 0.717) is 42.4 Å². The van der Waals surface area contributed by atoms with Crippen molar-refractivity contribution in [2.24, 2.45) is 0 Å². The van der Waals surface area contributed by atoms with Crippen molar-refractivity contribution in [2.75, 3.05) is 27.1 Å². The molecule has 1 amide bonds. The van der Waals surface area contributed by atoms with Crippen molar-refractivity contribution >= 4 is 6.09 Å². The lowest BCUT2D eigenvalue weighted by Gasteiger charge is -2.35. The molecule has 0 saturated heterocycles. The molecule has 2 aliphatic heterocycles.